The predicted molar refractivity (Wildman–Crippen MR) is 63.3 cm³/mol. The van der Waals surface area contributed by atoms with E-state index in [1.165, 1.54) is 12.1 Å². The maximum absolute atomic E-state index is 12.9. The van der Waals surface area contributed by atoms with Crippen LogP contribution in [0.3, 0.4) is 0 Å². The number of rotatable bonds is 1. The van der Waals surface area contributed by atoms with Gasteiger partial charge >= 0.3 is 6.18 Å². The van der Waals surface area contributed by atoms with Gasteiger partial charge in [-0.25, -0.2) is 0 Å². The topological polar surface area (TPSA) is 49.5 Å². The Kier molecular flexibility index (Phi) is 2.93. The van der Waals surface area contributed by atoms with Gasteiger partial charge in [-0.15, -0.1) is 0 Å². The second kappa shape index (κ2) is 4.05. The second-order valence-electron chi connectivity index (χ2n) is 4.94. The van der Waals surface area contributed by atoms with Crippen molar-refractivity contribution in [3.63, 3.8) is 0 Å². The van der Waals surface area contributed by atoms with Gasteiger partial charge in [-0.1, -0.05) is 0 Å². The SMILES string of the molecule is CC1(O)CCN(c2ccc(N)cc2C(F)(F)F)C1. The Balaban J connectivity index is 2.40. The fourth-order valence-corrected chi connectivity index (χ4v) is 2.21. The molecule has 0 aromatic heterocycles. The number of anilines is 2. The van der Waals surface area contributed by atoms with Gasteiger partial charge in [0.05, 0.1) is 11.2 Å². The van der Waals surface area contributed by atoms with Crippen molar-refractivity contribution in [2.45, 2.75) is 25.1 Å². The summed E-state index contributed by atoms with van der Waals surface area (Å²) in [4.78, 5) is 1.54. The number of alkyl halides is 3. The van der Waals surface area contributed by atoms with E-state index in [0.29, 0.717) is 13.0 Å². The first-order valence-electron chi connectivity index (χ1n) is 5.63. The van der Waals surface area contributed by atoms with Gasteiger partial charge in [0.2, 0.25) is 0 Å². The average Bonchev–Trinajstić information content (AvgIpc) is 2.57. The van der Waals surface area contributed by atoms with Gasteiger partial charge in [0.1, 0.15) is 0 Å². The third kappa shape index (κ3) is 2.53. The molecule has 1 aliphatic rings. The number of benzene rings is 1. The summed E-state index contributed by atoms with van der Waals surface area (Å²) < 4.78 is 38.8. The summed E-state index contributed by atoms with van der Waals surface area (Å²) in [6.45, 7) is 2.22. The monoisotopic (exact) mass is 260 g/mol. The smallest absolute Gasteiger partial charge is 0.399 e. The highest BCUT2D eigenvalue weighted by molar-refractivity contribution is 5.61. The van der Waals surface area contributed by atoms with Gasteiger partial charge in [0, 0.05) is 24.5 Å². The zero-order chi connectivity index (χ0) is 13.6. The molecule has 0 radical (unpaired) electrons. The van der Waals surface area contributed by atoms with Crippen LogP contribution in [0.4, 0.5) is 24.5 Å². The first-order valence-corrected chi connectivity index (χ1v) is 5.63. The Morgan fingerprint density at radius 3 is 2.56 bits per heavy atom. The highest BCUT2D eigenvalue weighted by Gasteiger charge is 2.38. The largest absolute Gasteiger partial charge is 0.418 e. The van der Waals surface area contributed by atoms with Crippen molar-refractivity contribution in [3.8, 4) is 0 Å². The van der Waals surface area contributed by atoms with Crippen LogP contribution >= 0.6 is 0 Å². The molecule has 1 aliphatic heterocycles. The molecule has 3 N–H and O–H groups in total. The number of nitrogens with two attached hydrogens (primary N) is 1. The maximum Gasteiger partial charge on any atom is 0.418 e. The van der Waals surface area contributed by atoms with Crippen molar-refractivity contribution in [1.82, 2.24) is 0 Å². The molecule has 0 amide bonds. The number of hydrogen-bond donors (Lipinski definition) is 2. The standard InChI is InChI=1S/C12H15F3N2O/c1-11(18)4-5-17(7-11)10-3-2-8(16)6-9(10)12(13,14)15/h2-3,6,18H,4-5,7,16H2,1H3. The quantitative estimate of drug-likeness (QED) is 0.761. The number of hydrogen-bond acceptors (Lipinski definition) is 3. The summed E-state index contributed by atoms with van der Waals surface area (Å²) in [7, 11) is 0. The summed E-state index contributed by atoms with van der Waals surface area (Å²) in [6, 6.07) is 3.74. The number of nitrogen functional groups attached to an aromatic ring is 1. The average molecular weight is 260 g/mol. The molecule has 6 heteroatoms. The molecule has 1 heterocycles. The van der Waals surface area contributed by atoms with Crippen molar-refractivity contribution >= 4 is 11.4 Å². The zero-order valence-corrected chi connectivity index (χ0v) is 9.96. The lowest BCUT2D eigenvalue weighted by Crippen LogP contribution is -2.30. The lowest BCUT2D eigenvalue weighted by Gasteiger charge is -2.24. The molecule has 2 rings (SSSR count). The molecule has 1 aromatic rings. The number of halogens is 3. The van der Waals surface area contributed by atoms with E-state index >= 15 is 0 Å². The van der Waals surface area contributed by atoms with E-state index in [0.717, 1.165) is 6.07 Å². The number of aliphatic hydroxyl groups is 1. The minimum Gasteiger partial charge on any atom is -0.399 e. The molecule has 0 saturated carbocycles. The molecule has 1 atom stereocenters. The summed E-state index contributed by atoms with van der Waals surface area (Å²) in [5, 5.41) is 9.83. The van der Waals surface area contributed by atoms with Gasteiger partial charge < -0.3 is 15.7 Å². The van der Waals surface area contributed by atoms with Crippen LogP contribution in [0.5, 0.6) is 0 Å². The van der Waals surface area contributed by atoms with E-state index in [1.54, 1.807) is 11.8 Å². The van der Waals surface area contributed by atoms with Gasteiger partial charge in [-0.05, 0) is 31.5 Å². The molecular formula is C12H15F3N2O. The minimum absolute atomic E-state index is 0.0782. The molecule has 0 bridgehead atoms. The van der Waals surface area contributed by atoms with Crippen molar-refractivity contribution < 1.29 is 18.3 Å². The van der Waals surface area contributed by atoms with Gasteiger partial charge in [-0.3, -0.25) is 0 Å². The molecule has 3 nitrogen and oxygen atoms in total. The van der Waals surface area contributed by atoms with E-state index < -0.39 is 17.3 Å². The van der Waals surface area contributed by atoms with Crippen LogP contribution in [0, 0.1) is 0 Å². The van der Waals surface area contributed by atoms with Crippen LogP contribution in [-0.4, -0.2) is 23.8 Å². The maximum atomic E-state index is 12.9. The summed E-state index contributed by atoms with van der Waals surface area (Å²) >= 11 is 0. The molecule has 1 fully saturated rings. The fourth-order valence-electron chi connectivity index (χ4n) is 2.21. The predicted octanol–water partition coefficient (Wildman–Crippen LogP) is 2.25. The molecule has 1 unspecified atom stereocenters. The van der Waals surface area contributed by atoms with Gasteiger partial charge in [0.25, 0.3) is 0 Å². The van der Waals surface area contributed by atoms with Crippen molar-refractivity contribution in [3.05, 3.63) is 23.8 Å². The lowest BCUT2D eigenvalue weighted by molar-refractivity contribution is -0.137. The minimum atomic E-state index is -4.45. The fraction of sp³-hybridized carbons (Fsp3) is 0.500. The molecule has 1 saturated heterocycles. The van der Waals surface area contributed by atoms with Crippen molar-refractivity contribution in [2.75, 3.05) is 23.7 Å². The molecular weight excluding hydrogens is 245 g/mol. The van der Waals surface area contributed by atoms with Gasteiger partial charge in [0.15, 0.2) is 0 Å². The Labute approximate surface area is 103 Å². The van der Waals surface area contributed by atoms with Crippen LogP contribution < -0.4 is 10.6 Å². The first-order chi connectivity index (χ1) is 8.19. The highest BCUT2D eigenvalue weighted by atomic mass is 19.4. The van der Waals surface area contributed by atoms with E-state index in [2.05, 4.69) is 0 Å². The Hall–Kier alpha value is -1.43. The molecule has 0 spiro atoms. The normalized spacial score (nSPS) is 24.6. The van der Waals surface area contributed by atoms with E-state index in [9.17, 15) is 18.3 Å². The van der Waals surface area contributed by atoms with Gasteiger partial charge in [-0.2, -0.15) is 13.2 Å². The molecule has 0 aliphatic carbocycles. The zero-order valence-electron chi connectivity index (χ0n) is 9.96. The Morgan fingerprint density at radius 1 is 1.39 bits per heavy atom. The van der Waals surface area contributed by atoms with Crippen molar-refractivity contribution in [2.24, 2.45) is 0 Å². The Bertz CT molecular complexity index is 457. The molecule has 18 heavy (non-hydrogen) atoms. The third-order valence-corrected chi connectivity index (χ3v) is 3.12. The molecule has 1 aromatic carbocycles. The summed E-state index contributed by atoms with van der Waals surface area (Å²) in [5.41, 5.74) is 3.88. The second-order valence-corrected chi connectivity index (χ2v) is 4.94. The van der Waals surface area contributed by atoms with E-state index in [4.69, 9.17) is 5.73 Å². The Morgan fingerprint density at radius 2 is 2.06 bits per heavy atom. The van der Waals surface area contributed by atoms with Crippen LogP contribution in [0.2, 0.25) is 0 Å². The van der Waals surface area contributed by atoms with E-state index in [-0.39, 0.29) is 17.9 Å². The van der Waals surface area contributed by atoms with Crippen LogP contribution in [0.25, 0.3) is 0 Å². The van der Waals surface area contributed by atoms with Crippen LogP contribution in [0.15, 0.2) is 18.2 Å². The first kappa shape index (κ1) is 13.0. The number of β-amino-alcohol motifs (C(OH)–C–C–N with tert-alkyl or cyclic N) is 1. The highest BCUT2D eigenvalue weighted by Crippen LogP contribution is 2.39. The lowest BCUT2D eigenvalue weighted by atomic mass is 10.1. The molecule has 100 valence electrons. The third-order valence-electron chi connectivity index (χ3n) is 3.12. The summed E-state index contributed by atoms with van der Waals surface area (Å²) in [6.07, 6.45) is -3.99. The van der Waals surface area contributed by atoms with Crippen LogP contribution in [0.1, 0.15) is 18.9 Å². The van der Waals surface area contributed by atoms with Crippen molar-refractivity contribution in [1.29, 1.82) is 0 Å². The van der Waals surface area contributed by atoms with Crippen LogP contribution in [-0.2, 0) is 6.18 Å². The van der Waals surface area contributed by atoms with E-state index in [1.807, 2.05) is 0 Å². The summed E-state index contributed by atoms with van der Waals surface area (Å²) in [5.74, 6) is 0. The number of nitrogens with zero attached hydrogens (tertiary/aromatic N) is 1.